The van der Waals surface area contributed by atoms with Gasteiger partial charge in [0.15, 0.2) is 6.10 Å². The van der Waals surface area contributed by atoms with E-state index in [9.17, 15) is 13.2 Å². The van der Waals surface area contributed by atoms with Crippen molar-refractivity contribution < 1.29 is 22.7 Å². The molecule has 8 heteroatoms. The van der Waals surface area contributed by atoms with Crippen LogP contribution in [-0.2, 0) is 14.8 Å². The molecule has 0 fully saturated rings. The number of anilines is 1. The van der Waals surface area contributed by atoms with Gasteiger partial charge in [0, 0.05) is 6.04 Å². The zero-order valence-electron chi connectivity index (χ0n) is 16.4. The number of hydrogen-bond donors (Lipinski definition) is 2. The quantitative estimate of drug-likeness (QED) is 0.667. The number of nitrogens with one attached hydrogen (secondary N) is 2. The van der Waals surface area contributed by atoms with Gasteiger partial charge in [0.1, 0.15) is 11.5 Å². The summed E-state index contributed by atoms with van der Waals surface area (Å²) in [5.41, 5.74) is 0.364. The summed E-state index contributed by atoms with van der Waals surface area (Å²) in [5, 5.41) is 2.76. The normalized spacial score (nSPS) is 12.3. The van der Waals surface area contributed by atoms with Gasteiger partial charge in [-0.15, -0.1) is 0 Å². The highest BCUT2D eigenvalue weighted by molar-refractivity contribution is 7.92. The zero-order chi connectivity index (χ0) is 20.7. The fraction of sp³-hybridized carbons (Fsp3) is 0.350. The third-order valence-corrected chi connectivity index (χ3v) is 5.06. The first kappa shape index (κ1) is 21.6. The van der Waals surface area contributed by atoms with Crippen molar-refractivity contribution in [2.45, 2.75) is 44.7 Å². The molecule has 152 valence electrons. The minimum absolute atomic E-state index is 0.0108. The van der Waals surface area contributed by atoms with Crippen LogP contribution >= 0.6 is 0 Å². The van der Waals surface area contributed by atoms with Crippen LogP contribution in [0.1, 0.15) is 27.7 Å². The second-order valence-corrected chi connectivity index (χ2v) is 8.11. The molecule has 0 saturated carbocycles. The van der Waals surface area contributed by atoms with Crippen molar-refractivity contribution in [1.29, 1.82) is 0 Å². The van der Waals surface area contributed by atoms with Crippen LogP contribution in [0.4, 0.5) is 5.69 Å². The van der Waals surface area contributed by atoms with E-state index in [0.29, 0.717) is 23.8 Å². The summed E-state index contributed by atoms with van der Waals surface area (Å²) < 4.78 is 38.8. The molecule has 0 aliphatic heterocycles. The number of rotatable bonds is 9. The molecule has 0 saturated heterocycles. The Morgan fingerprint density at radius 2 is 1.68 bits per heavy atom. The first-order valence-electron chi connectivity index (χ1n) is 9.04. The van der Waals surface area contributed by atoms with E-state index in [2.05, 4.69) is 10.0 Å². The second-order valence-electron chi connectivity index (χ2n) is 6.43. The Bertz CT molecular complexity index is 895. The van der Waals surface area contributed by atoms with E-state index in [1.165, 1.54) is 24.3 Å². The van der Waals surface area contributed by atoms with Crippen molar-refractivity contribution in [2.75, 3.05) is 11.3 Å². The lowest BCUT2D eigenvalue weighted by Gasteiger charge is -2.17. The first-order valence-corrected chi connectivity index (χ1v) is 10.5. The molecule has 0 aliphatic rings. The van der Waals surface area contributed by atoms with Gasteiger partial charge in [-0.2, -0.15) is 0 Å². The highest BCUT2D eigenvalue weighted by atomic mass is 32.2. The van der Waals surface area contributed by atoms with Crippen LogP contribution in [-0.4, -0.2) is 33.1 Å². The predicted molar refractivity (Wildman–Crippen MR) is 108 cm³/mol. The van der Waals surface area contributed by atoms with Gasteiger partial charge in [-0.25, -0.2) is 8.42 Å². The number of sulfonamides is 1. The van der Waals surface area contributed by atoms with Crippen LogP contribution in [0.15, 0.2) is 53.4 Å². The van der Waals surface area contributed by atoms with E-state index in [1.807, 2.05) is 20.8 Å². The molecule has 0 aromatic heterocycles. The average molecular weight is 407 g/mol. The molecule has 1 amide bonds. The predicted octanol–water partition coefficient (Wildman–Crippen LogP) is 3.18. The van der Waals surface area contributed by atoms with Gasteiger partial charge < -0.3 is 14.8 Å². The standard InChI is InChI=1S/C20H26N2O5S/c1-5-26-19-9-7-6-8-18(19)22-28(24,25)17-12-10-16(11-13-17)27-15(4)20(23)21-14(2)3/h6-15,22H,5H2,1-4H3,(H,21,23)/t15-/m1/s1. The molecular formula is C20H26N2O5S. The Balaban J connectivity index is 2.11. The molecule has 2 rings (SSSR count). The van der Waals surface area contributed by atoms with Crippen molar-refractivity contribution >= 4 is 21.6 Å². The fourth-order valence-corrected chi connectivity index (χ4v) is 3.46. The first-order chi connectivity index (χ1) is 13.2. The second kappa shape index (κ2) is 9.45. The Hall–Kier alpha value is -2.74. The van der Waals surface area contributed by atoms with E-state index in [4.69, 9.17) is 9.47 Å². The molecule has 0 radical (unpaired) electrons. The minimum atomic E-state index is -3.80. The van der Waals surface area contributed by atoms with Crippen molar-refractivity contribution in [1.82, 2.24) is 5.32 Å². The van der Waals surface area contributed by atoms with E-state index < -0.39 is 16.1 Å². The van der Waals surface area contributed by atoms with Crippen molar-refractivity contribution in [3.63, 3.8) is 0 Å². The van der Waals surface area contributed by atoms with E-state index in [1.54, 1.807) is 31.2 Å². The molecule has 0 heterocycles. The number of para-hydroxylation sites is 2. The van der Waals surface area contributed by atoms with Gasteiger partial charge in [0.25, 0.3) is 15.9 Å². The van der Waals surface area contributed by atoms with E-state index in [-0.39, 0.29) is 16.8 Å². The monoisotopic (exact) mass is 406 g/mol. The number of amides is 1. The van der Waals surface area contributed by atoms with Crippen LogP contribution in [0.25, 0.3) is 0 Å². The average Bonchev–Trinajstić information content (AvgIpc) is 2.63. The minimum Gasteiger partial charge on any atom is -0.492 e. The summed E-state index contributed by atoms with van der Waals surface area (Å²) in [7, 11) is -3.80. The summed E-state index contributed by atoms with van der Waals surface area (Å²) in [5.74, 6) is 0.625. The Kier molecular flexibility index (Phi) is 7.28. The molecule has 0 bridgehead atoms. The number of ether oxygens (including phenoxy) is 2. The lowest BCUT2D eigenvalue weighted by atomic mass is 10.3. The van der Waals surface area contributed by atoms with Gasteiger partial charge in [0.2, 0.25) is 0 Å². The van der Waals surface area contributed by atoms with Gasteiger partial charge in [-0.05, 0) is 64.1 Å². The summed E-state index contributed by atoms with van der Waals surface area (Å²) in [6.45, 7) is 7.61. The zero-order valence-corrected chi connectivity index (χ0v) is 17.2. The van der Waals surface area contributed by atoms with Crippen LogP contribution in [0.3, 0.4) is 0 Å². The molecule has 28 heavy (non-hydrogen) atoms. The maximum absolute atomic E-state index is 12.6. The third-order valence-electron chi connectivity index (χ3n) is 3.68. The smallest absolute Gasteiger partial charge is 0.262 e. The largest absolute Gasteiger partial charge is 0.492 e. The number of carbonyl (C=O) groups excluding carboxylic acids is 1. The van der Waals surface area contributed by atoms with Crippen LogP contribution in [0.2, 0.25) is 0 Å². The molecular weight excluding hydrogens is 380 g/mol. The number of benzene rings is 2. The SMILES string of the molecule is CCOc1ccccc1NS(=O)(=O)c1ccc(O[C@H](C)C(=O)NC(C)C)cc1. The summed E-state index contributed by atoms with van der Waals surface area (Å²) >= 11 is 0. The van der Waals surface area contributed by atoms with Crippen LogP contribution < -0.4 is 19.5 Å². The Morgan fingerprint density at radius 3 is 2.29 bits per heavy atom. The van der Waals surface area contributed by atoms with Gasteiger partial charge in [-0.3, -0.25) is 9.52 Å². The Labute approximate surface area is 166 Å². The molecule has 1 atom stereocenters. The molecule has 0 unspecified atom stereocenters. The summed E-state index contributed by atoms with van der Waals surface area (Å²) in [6, 6.07) is 12.7. The van der Waals surface area contributed by atoms with E-state index in [0.717, 1.165) is 0 Å². The number of hydrogen-bond acceptors (Lipinski definition) is 5. The maximum atomic E-state index is 12.6. The van der Waals surface area contributed by atoms with Crippen LogP contribution in [0, 0.1) is 0 Å². The third kappa shape index (κ3) is 5.88. The topological polar surface area (TPSA) is 93.7 Å². The van der Waals surface area contributed by atoms with Gasteiger partial charge in [0.05, 0.1) is 17.2 Å². The van der Waals surface area contributed by atoms with Crippen LogP contribution in [0.5, 0.6) is 11.5 Å². The molecule has 0 aliphatic carbocycles. The fourth-order valence-electron chi connectivity index (χ4n) is 2.39. The number of carbonyl (C=O) groups is 1. The molecule has 2 aromatic rings. The van der Waals surface area contributed by atoms with E-state index >= 15 is 0 Å². The molecule has 7 nitrogen and oxygen atoms in total. The Morgan fingerprint density at radius 1 is 1.04 bits per heavy atom. The molecule has 2 aromatic carbocycles. The highest BCUT2D eigenvalue weighted by Crippen LogP contribution is 2.27. The highest BCUT2D eigenvalue weighted by Gasteiger charge is 2.18. The maximum Gasteiger partial charge on any atom is 0.262 e. The van der Waals surface area contributed by atoms with Crippen molar-refractivity contribution in [3.8, 4) is 11.5 Å². The summed E-state index contributed by atoms with van der Waals surface area (Å²) in [4.78, 5) is 12.0. The lowest BCUT2D eigenvalue weighted by Crippen LogP contribution is -2.40. The molecule has 0 spiro atoms. The lowest BCUT2D eigenvalue weighted by molar-refractivity contribution is -0.127. The van der Waals surface area contributed by atoms with Gasteiger partial charge in [-0.1, -0.05) is 12.1 Å². The molecule has 2 N–H and O–H groups in total. The van der Waals surface area contributed by atoms with Crippen molar-refractivity contribution in [3.05, 3.63) is 48.5 Å². The van der Waals surface area contributed by atoms with Gasteiger partial charge >= 0.3 is 0 Å². The van der Waals surface area contributed by atoms with Crippen molar-refractivity contribution in [2.24, 2.45) is 0 Å². The summed E-state index contributed by atoms with van der Waals surface area (Å²) in [6.07, 6.45) is -0.693.